The Labute approximate surface area is 110 Å². The van der Waals surface area contributed by atoms with Gasteiger partial charge in [-0.25, -0.2) is 0 Å². The summed E-state index contributed by atoms with van der Waals surface area (Å²) in [5.74, 6) is 0.436. The van der Waals surface area contributed by atoms with Crippen LogP contribution in [0.2, 0.25) is 0 Å². The van der Waals surface area contributed by atoms with Gasteiger partial charge in [-0.2, -0.15) is 0 Å². The summed E-state index contributed by atoms with van der Waals surface area (Å²) >= 11 is 3.22. The Morgan fingerprint density at radius 1 is 1.47 bits per heavy atom. The van der Waals surface area contributed by atoms with Crippen LogP contribution in [0.4, 0.5) is 0 Å². The average molecular weight is 300 g/mol. The van der Waals surface area contributed by atoms with E-state index < -0.39 is 0 Å². The number of carbonyl (C=O) groups is 1. The van der Waals surface area contributed by atoms with E-state index >= 15 is 0 Å². The molecular formula is C13H18BrNO2. The van der Waals surface area contributed by atoms with Crippen LogP contribution in [0.5, 0.6) is 0 Å². The zero-order chi connectivity index (χ0) is 12.5. The summed E-state index contributed by atoms with van der Waals surface area (Å²) in [4.78, 5) is 14.0. The first-order valence-electron chi connectivity index (χ1n) is 6.09. The van der Waals surface area contributed by atoms with Crippen LogP contribution >= 0.6 is 15.9 Å². The quantitative estimate of drug-likeness (QED) is 0.834. The molecule has 1 aliphatic rings. The van der Waals surface area contributed by atoms with Crippen LogP contribution in [-0.2, 0) is 0 Å². The molecule has 1 saturated heterocycles. The van der Waals surface area contributed by atoms with Crippen molar-refractivity contribution in [3.8, 4) is 0 Å². The second kappa shape index (κ2) is 4.84. The second-order valence-electron chi connectivity index (χ2n) is 5.06. The zero-order valence-corrected chi connectivity index (χ0v) is 11.9. The summed E-state index contributed by atoms with van der Waals surface area (Å²) in [7, 11) is 0. The van der Waals surface area contributed by atoms with Gasteiger partial charge in [0.15, 0.2) is 10.4 Å². The van der Waals surface area contributed by atoms with Crippen LogP contribution in [0, 0.1) is 5.41 Å². The number of hydrogen-bond donors (Lipinski definition) is 0. The summed E-state index contributed by atoms with van der Waals surface area (Å²) in [5.41, 5.74) is 0.403. The lowest BCUT2D eigenvalue weighted by Crippen LogP contribution is -2.41. The maximum Gasteiger partial charge on any atom is 0.289 e. The van der Waals surface area contributed by atoms with Crippen molar-refractivity contribution in [2.24, 2.45) is 5.41 Å². The monoisotopic (exact) mass is 299 g/mol. The standard InChI is InChI=1S/C13H18BrNO2/c1-3-13(2)6-8-15(9-7-13)12(16)10-4-5-11(14)17-10/h4-5H,3,6-9H2,1-2H3. The van der Waals surface area contributed by atoms with E-state index in [1.165, 1.54) is 6.42 Å². The number of halogens is 1. The molecule has 2 rings (SSSR count). The molecule has 1 fully saturated rings. The normalized spacial score (nSPS) is 19.4. The molecule has 0 aliphatic carbocycles. The van der Waals surface area contributed by atoms with E-state index in [4.69, 9.17) is 4.42 Å². The summed E-state index contributed by atoms with van der Waals surface area (Å²) in [6, 6.07) is 3.48. The molecule has 0 bridgehead atoms. The Balaban J connectivity index is 1.99. The number of carbonyl (C=O) groups excluding carboxylic acids is 1. The first-order chi connectivity index (χ1) is 8.04. The van der Waals surface area contributed by atoms with E-state index in [2.05, 4.69) is 29.8 Å². The van der Waals surface area contributed by atoms with Crippen LogP contribution in [0.1, 0.15) is 43.7 Å². The van der Waals surface area contributed by atoms with Crippen LogP contribution in [0.3, 0.4) is 0 Å². The molecule has 1 amide bonds. The van der Waals surface area contributed by atoms with Gasteiger partial charge in [-0.05, 0) is 46.3 Å². The van der Waals surface area contributed by atoms with Crippen molar-refractivity contribution < 1.29 is 9.21 Å². The number of hydrogen-bond acceptors (Lipinski definition) is 2. The molecule has 17 heavy (non-hydrogen) atoms. The molecule has 0 spiro atoms. The summed E-state index contributed by atoms with van der Waals surface area (Å²) in [5, 5.41) is 0. The van der Waals surface area contributed by atoms with Crippen molar-refractivity contribution in [1.82, 2.24) is 4.90 Å². The number of rotatable bonds is 2. The van der Waals surface area contributed by atoms with Gasteiger partial charge in [0.05, 0.1) is 0 Å². The number of nitrogens with zero attached hydrogens (tertiary/aromatic N) is 1. The first-order valence-corrected chi connectivity index (χ1v) is 6.88. The minimum absolute atomic E-state index is 0.00820. The van der Waals surface area contributed by atoms with Gasteiger partial charge in [0, 0.05) is 13.1 Å². The highest BCUT2D eigenvalue weighted by Gasteiger charge is 2.31. The molecule has 0 atom stereocenters. The van der Waals surface area contributed by atoms with Crippen LogP contribution in [-0.4, -0.2) is 23.9 Å². The minimum Gasteiger partial charge on any atom is -0.444 e. The van der Waals surface area contributed by atoms with Gasteiger partial charge in [-0.15, -0.1) is 0 Å². The average Bonchev–Trinajstić information content (AvgIpc) is 2.76. The molecule has 0 saturated carbocycles. The predicted octanol–water partition coefficient (Wildman–Crippen LogP) is 3.69. The van der Waals surface area contributed by atoms with Gasteiger partial charge >= 0.3 is 0 Å². The topological polar surface area (TPSA) is 33.5 Å². The molecule has 0 radical (unpaired) electrons. The highest BCUT2D eigenvalue weighted by molar-refractivity contribution is 9.10. The molecular weight excluding hydrogens is 282 g/mol. The van der Waals surface area contributed by atoms with E-state index in [0.29, 0.717) is 15.8 Å². The molecule has 0 N–H and O–H groups in total. The van der Waals surface area contributed by atoms with Crippen LogP contribution in [0.15, 0.2) is 21.2 Å². The van der Waals surface area contributed by atoms with E-state index in [1.807, 2.05) is 4.90 Å². The van der Waals surface area contributed by atoms with E-state index in [9.17, 15) is 4.79 Å². The largest absolute Gasteiger partial charge is 0.444 e. The molecule has 1 aliphatic heterocycles. The lowest BCUT2D eigenvalue weighted by atomic mass is 9.78. The smallest absolute Gasteiger partial charge is 0.289 e. The van der Waals surface area contributed by atoms with Crippen LogP contribution in [0.25, 0.3) is 0 Å². The van der Waals surface area contributed by atoms with Gasteiger partial charge in [0.25, 0.3) is 5.91 Å². The fraction of sp³-hybridized carbons (Fsp3) is 0.615. The van der Waals surface area contributed by atoms with E-state index in [0.717, 1.165) is 25.9 Å². The summed E-state index contributed by atoms with van der Waals surface area (Å²) in [6.07, 6.45) is 3.34. The Morgan fingerprint density at radius 3 is 2.59 bits per heavy atom. The third-order valence-electron chi connectivity index (χ3n) is 3.90. The fourth-order valence-electron chi connectivity index (χ4n) is 2.19. The maximum atomic E-state index is 12.1. The number of likely N-dealkylation sites (tertiary alicyclic amines) is 1. The summed E-state index contributed by atoms with van der Waals surface area (Å²) < 4.78 is 5.91. The highest BCUT2D eigenvalue weighted by atomic mass is 79.9. The van der Waals surface area contributed by atoms with E-state index in [-0.39, 0.29) is 5.91 Å². The summed E-state index contributed by atoms with van der Waals surface area (Å²) in [6.45, 7) is 6.20. The number of furan rings is 1. The number of amides is 1. The molecule has 94 valence electrons. The van der Waals surface area contributed by atoms with Crippen molar-refractivity contribution in [2.75, 3.05) is 13.1 Å². The lowest BCUT2D eigenvalue weighted by molar-refractivity contribution is 0.0569. The molecule has 2 heterocycles. The van der Waals surface area contributed by atoms with Gasteiger partial charge in [0.1, 0.15) is 0 Å². The lowest BCUT2D eigenvalue weighted by Gasteiger charge is -2.38. The zero-order valence-electron chi connectivity index (χ0n) is 10.3. The Bertz CT molecular complexity index is 405. The molecule has 3 nitrogen and oxygen atoms in total. The SMILES string of the molecule is CCC1(C)CCN(C(=O)c2ccc(Br)o2)CC1. The molecule has 4 heteroatoms. The van der Waals surface area contributed by atoms with Crippen molar-refractivity contribution in [2.45, 2.75) is 33.1 Å². The van der Waals surface area contributed by atoms with Gasteiger partial charge < -0.3 is 9.32 Å². The third-order valence-corrected chi connectivity index (χ3v) is 4.32. The van der Waals surface area contributed by atoms with Crippen molar-refractivity contribution in [1.29, 1.82) is 0 Å². The Hall–Kier alpha value is -0.770. The Morgan fingerprint density at radius 2 is 2.12 bits per heavy atom. The fourth-order valence-corrected chi connectivity index (χ4v) is 2.49. The first kappa shape index (κ1) is 12.7. The number of piperidine rings is 1. The van der Waals surface area contributed by atoms with Crippen molar-refractivity contribution in [3.63, 3.8) is 0 Å². The van der Waals surface area contributed by atoms with Gasteiger partial charge in [-0.3, -0.25) is 4.79 Å². The second-order valence-corrected chi connectivity index (χ2v) is 5.84. The highest BCUT2D eigenvalue weighted by Crippen LogP contribution is 2.34. The minimum atomic E-state index is 0.00820. The molecule has 1 aromatic rings. The van der Waals surface area contributed by atoms with Gasteiger partial charge in [-0.1, -0.05) is 20.3 Å². The third kappa shape index (κ3) is 2.73. The van der Waals surface area contributed by atoms with Crippen molar-refractivity contribution in [3.05, 3.63) is 22.6 Å². The molecule has 1 aromatic heterocycles. The van der Waals surface area contributed by atoms with E-state index in [1.54, 1.807) is 12.1 Å². The molecule has 0 unspecified atom stereocenters. The predicted molar refractivity (Wildman–Crippen MR) is 69.9 cm³/mol. The molecule has 0 aromatic carbocycles. The van der Waals surface area contributed by atoms with Crippen LogP contribution < -0.4 is 0 Å². The maximum absolute atomic E-state index is 12.1. The van der Waals surface area contributed by atoms with Gasteiger partial charge in [0.2, 0.25) is 0 Å². The Kier molecular flexibility index (Phi) is 3.61. The van der Waals surface area contributed by atoms with Crippen molar-refractivity contribution >= 4 is 21.8 Å².